The van der Waals surface area contributed by atoms with Crippen molar-refractivity contribution in [2.45, 2.75) is 32.2 Å². The van der Waals surface area contributed by atoms with Crippen LogP contribution in [0.4, 0.5) is 0 Å². The Bertz CT molecular complexity index is 534. The van der Waals surface area contributed by atoms with Crippen LogP contribution in [-0.2, 0) is 4.79 Å². The van der Waals surface area contributed by atoms with Crippen molar-refractivity contribution >= 4 is 5.97 Å². The molecule has 2 N–H and O–H groups in total. The van der Waals surface area contributed by atoms with Gasteiger partial charge in [-0.1, -0.05) is 13.0 Å². The normalized spacial score (nSPS) is 27.1. The number of aromatic hydroxyl groups is 1. The number of hydrogen-bond donors (Lipinski definition) is 2. The van der Waals surface area contributed by atoms with Crippen LogP contribution < -0.4 is 0 Å². The molecule has 1 aromatic rings. The molecule has 0 aromatic heterocycles. The first-order valence-corrected chi connectivity index (χ1v) is 6.78. The molecule has 2 unspecified atom stereocenters. The molecule has 0 radical (unpaired) electrons. The van der Waals surface area contributed by atoms with Crippen LogP contribution >= 0.6 is 0 Å². The number of hydrogen-bond acceptors (Lipinski definition) is 3. The minimum Gasteiger partial charge on any atom is -0.508 e. The van der Waals surface area contributed by atoms with E-state index in [1.807, 2.05) is 6.07 Å². The van der Waals surface area contributed by atoms with Crippen LogP contribution in [0.15, 0.2) is 12.1 Å². The number of carboxylic acids is 1. The van der Waals surface area contributed by atoms with E-state index in [1.54, 1.807) is 6.07 Å². The maximum Gasteiger partial charge on any atom is 0.309 e. The fraction of sp³-hybridized carbons (Fsp3) is 0.533. The summed E-state index contributed by atoms with van der Waals surface area (Å²) in [6.07, 6.45) is 0.972. The number of phenolic OH excluding ortho intramolecular Hbond substituents is 1. The Morgan fingerprint density at radius 3 is 2.63 bits per heavy atom. The van der Waals surface area contributed by atoms with Crippen LogP contribution in [0.5, 0.6) is 5.75 Å². The van der Waals surface area contributed by atoms with Crippen LogP contribution in [0.3, 0.4) is 0 Å². The molecule has 102 valence electrons. The van der Waals surface area contributed by atoms with Gasteiger partial charge in [-0.3, -0.25) is 9.69 Å². The summed E-state index contributed by atoms with van der Waals surface area (Å²) in [5.74, 6) is -0.174. The third kappa shape index (κ3) is 1.82. The lowest BCUT2D eigenvalue weighted by Gasteiger charge is -2.41. The van der Waals surface area contributed by atoms with E-state index in [9.17, 15) is 9.90 Å². The Morgan fingerprint density at radius 2 is 2.00 bits per heavy atom. The van der Waals surface area contributed by atoms with Gasteiger partial charge in [0.25, 0.3) is 0 Å². The van der Waals surface area contributed by atoms with Crippen LogP contribution in [0.2, 0.25) is 0 Å². The maximum atomic E-state index is 10.9. The predicted molar refractivity (Wildman–Crippen MR) is 71.3 cm³/mol. The van der Waals surface area contributed by atoms with E-state index in [0.717, 1.165) is 12.0 Å². The molecule has 1 heterocycles. The first kappa shape index (κ1) is 12.5. The Morgan fingerprint density at radius 1 is 1.32 bits per heavy atom. The lowest BCUT2D eigenvalue weighted by molar-refractivity contribution is -0.148. The van der Waals surface area contributed by atoms with Crippen LogP contribution in [-0.4, -0.2) is 34.2 Å². The first-order chi connectivity index (χ1) is 8.99. The van der Waals surface area contributed by atoms with Crippen molar-refractivity contribution in [1.29, 1.82) is 0 Å². The zero-order valence-corrected chi connectivity index (χ0v) is 11.3. The minimum absolute atomic E-state index is 0.181. The van der Waals surface area contributed by atoms with Crippen molar-refractivity contribution in [2.75, 3.05) is 13.1 Å². The minimum atomic E-state index is -0.712. The van der Waals surface area contributed by atoms with Gasteiger partial charge in [0, 0.05) is 24.7 Å². The highest BCUT2D eigenvalue weighted by atomic mass is 16.4. The summed E-state index contributed by atoms with van der Waals surface area (Å²) in [6.45, 7) is 5.45. The Kier molecular flexibility index (Phi) is 2.78. The first-order valence-electron chi connectivity index (χ1n) is 6.78. The molecule has 2 aliphatic rings. The van der Waals surface area contributed by atoms with E-state index in [-0.39, 0.29) is 12.0 Å². The van der Waals surface area contributed by atoms with Gasteiger partial charge < -0.3 is 10.2 Å². The fourth-order valence-electron chi connectivity index (χ4n) is 3.56. The molecule has 1 saturated heterocycles. The molecule has 3 rings (SSSR count). The molecule has 2 atom stereocenters. The molecule has 1 aromatic carbocycles. The summed E-state index contributed by atoms with van der Waals surface area (Å²) in [4.78, 5) is 13.1. The molecule has 0 saturated carbocycles. The monoisotopic (exact) mass is 261 g/mol. The van der Waals surface area contributed by atoms with Crippen molar-refractivity contribution in [3.8, 4) is 5.75 Å². The number of fused-ring (bicyclic) bond motifs is 1. The molecule has 0 amide bonds. The molecular weight excluding hydrogens is 242 g/mol. The number of benzene rings is 1. The number of carbonyl (C=O) groups is 1. The number of nitrogens with zero attached hydrogens (tertiary/aromatic N) is 1. The third-order valence-electron chi connectivity index (χ3n) is 4.58. The van der Waals surface area contributed by atoms with E-state index >= 15 is 0 Å². The second kappa shape index (κ2) is 4.23. The number of carboxylic acid groups (broad SMARTS) is 1. The number of rotatable bonds is 2. The van der Waals surface area contributed by atoms with Gasteiger partial charge in [0.2, 0.25) is 0 Å². The third-order valence-corrected chi connectivity index (χ3v) is 4.58. The SMILES string of the molecule is Cc1ccc(O)c2c1C(C)CC2N1CC(C(=O)O)C1. The Balaban J connectivity index is 1.89. The molecule has 4 heteroatoms. The summed E-state index contributed by atoms with van der Waals surface area (Å²) in [5.41, 5.74) is 3.50. The summed E-state index contributed by atoms with van der Waals surface area (Å²) < 4.78 is 0. The predicted octanol–water partition coefficient (Wildman–Crippen LogP) is 2.27. The van der Waals surface area contributed by atoms with E-state index < -0.39 is 5.97 Å². The largest absolute Gasteiger partial charge is 0.508 e. The molecule has 1 aliphatic carbocycles. The quantitative estimate of drug-likeness (QED) is 0.857. The molecular formula is C15H19NO3. The Hall–Kier alpha value is -1.55. The number of aliphatic carboxylic acids is 1. The summed E-state index contributed by atoms with van der Waals surface area (Å²) >= 11 is 0. The molecule has 1 fully saturated rings. The van der Waals surface area contributed by atoms with Crippen LogP contribution in [0.1, 0.15) is 42.0 Å². The Labute approximate surface area is 112 Å². The second-order valence-corrected chi connectivity index (χ2v) is 5.87. The van der Waals surface area contributed by atoms with Crippen molar-refractivity contribution in [3.05, 3.63) is 28.8 Å². The second-order valence-electron chi connectivity index (χ2n) is 5.87. The van der Waals surface area contributed by atoms with E-state index in [1.165, 1.54) is 11.1 Å². The highest BCUT2D eigenvalue weighted by molar-refractivity contribution is 5.71. The zero-order chi connectivity index (χ0) is 13.7. The van der Waals surface area contributed by atoms with Gasteiger partial charge in [0.05, 0.1) is 5.92 Å². The average Bonchev–Trinajstić information content (AvgIpc) is 2.60. The van der Waals surface area contributed by atoms with Crippen LogP contribution in [0, 0.1) is 12.8 Å². The van der Waals surface area contributed by atoms with E-state index in [0.29, 0.717) is 24.8 Å². The summed E-state index contributed by atoms with van der Waals surface area (Å²) in [7, 11) is 0. The van der Waals surface area contributed by atoms with E-state index in [2.05, 4.69) is 18.7 Å². The van der Waals surface area contributed by atoms with Crippen molar-refractivity contribution in [2.24, 2.45) is 5.92 Å². The highest BCUT2D eigenvalue weighted by Gasteiger charge is 2.42. The highest BCUT2D eigenvalue weighted by Crippen LogP contribution is 2.50. The van der Waals surface area contributed by atoms with Gasteiger partial charge in [0.15, 0.2) is 0 Å². The van der Waals surface area contributed by atoms with Gasteiger partial charge in [-0.15, -0.1) is 0 Å². The molecule has 4 nitrogen and oxygen atoms in total. The van der Waals surface area contributed by atoms with E-state index in [4.69, 9.17) is 5.11 Å². The lowest BCUT2D eigenvalue weighted by Crippen LogP contribution is -2.51. The topological polar surface area (TPSA) is 60.8 Å². The standard InChI is InChI=1S/C15H19NO3/c1-8-3-4-12(17)14-11(5-9(2)13(8)14)16-6-10(7-16)15(18)19/h3-4,9-11,17H,5-7H2,1-2H3,(H,18,19). The van der Waals surface area contributed by atoms with Gasteiger partial charge in [-0.25, -0.2) is 0 Å². The van der Waals surface area contributed by atoms with Gasteiger partial charge in [0.1, 0.15) is 5.75 Å². The van der Waals surface area contributed by atoms with Gasteiger partial charge in [-0.05, 0) is 36.5 Å². The van der Waals surface area contributed by atoms with Gasteiger partial charge in [-0.2, -0.15) is 0 Å². The molecule has 19 heavy (non-hydrogen) atoms. The zero-order valence-electron chi connectivity index (χ0n) is 11.3. The number of likely N-dealkylation sites (tertiary alicyclic amines) is 1. The molecule has 0 bridgehead atoms. The molecule has 1 aliphatic heterocycles. The van der Waals surface area contributed by atoms with Crippen molar-refractivity contribution in [1.82, 2.24) is 4.90 Å². The average molecular weight is 261 g/mol. The van der Waals surface area contributed by atoms with Gasteiger partial charge >= 0.3 is 5.97 Å². The maximum absolute atomic E-state index is 10.9. The summed E-state index contributed by atoms with van der Waals surface area (Å²) in [6, 6.07) is 3.90. The fourth-order valence-corrected chi connectivity index (χ4v) is 3.56. The molecule has 0 spiro atoms. The number of aryl methyl sites for hydroxylation is 1. The van der Waals surface area contributed by atoms with Crippen LogP contribution in [0.25, 0.3) is 0 Å². The van der Waals surface area contributed by atoms with Crippen molar-refractivity contribution in [3.63, 3.8) is 0 Å². The summed E-state index contributed by atoms with van der Waals surface area (Å²) in [5, 5.41) is 19.1. The smallest absolute Gasteiger partial charge is 0.309 e. The number of phenols is 1. The van der Waals surface area contributed by atoms with Crippen molar-refractivity contribution < 1.29 is 15.0 Å². The lowest BCUT2D eigenvalue weighted by atomic mass is 9.94.